The highest BCUT2D eigenvalue weighted by atomic mass is 16.5. The zero-order chi connectivity index (χ0) is 27.1. The quantitative estimate of drug-likeness (QED) is 0.257. The van der Waals surface area contributed by atoms with Crippen molar-refractivity contribution in [3.63, 3.8) is 0 Å². The van der Waals surface area contributed by atoms with Gasteiger partial charge in [0.15, 0.2) is 0 Å². The minimum Gasteiger partial charge on any atom is -0.466 e. The molecule has 3 aromatic rings. The number of pyridine rings is 2. The molecule has 38 heavy (non-hydrogen) atoms. The summed E-state index contributed by atoms with van der Waals surface area (Å²) in [5, 5.41) is 0. The van der Waals surface area contributed by atoms with Gasteiger partial charge in [-0.05, 0) is 59.9 Å². The fourth-order valence-corrected chi connectivity index (χ4v) is 4.28. The highest BCUT2D eigenvalue weighted by Crippen LogP contribution is 2.30. The number of ether oxygens (including phenoxy) is 2. The zero-order valence-electron chi connectivity index (χ0n) is 21.9. The molecule has 0 aliphatic carbocycles. The molecule has 3 heterocycles. The molecule has 0 N–H and O–H groups in total. The second-order valence-electron chi connectivity index (χ2n) is 9.27. The Labute approximate surface area is 224 Å². The monoisotopic (exact) mass is 510 g/mol. The molecule has 8 nitrogen and oxygen atoms in total. The molecule has 9 heteroatoms. The fraction of sp³-hybridized carbons (Fsp3) is 0.310. The lowest BCUT2D eigenvalue weighted by Gasteiger charge is -2.34. The molecule has 1 aliphatic rings. The Bertz CT molecular complexity index is 1270. The number of anilines is 2. The van der Waals surface area contributed by atoms with Crippen LogP contribution in [-0.4, -0.2) is 64.1 Å². The predicted molar refractivity (Wildman–Crippen MR) is 149 cm³/mol. The summed E-state index contributed by atoms with van der Waals surface area (Å²) in [4.78, 5) is 37.8. The van der Waals surface area contributed by atoms with Gasteiger partial charge in [-0.1, -0.05) is 24.3 Å². The molecule has 1 aliphatic heterocycles. The van der Waals surface area contributed by atoms with Gasteiger partial charge in [0.25, 0.3) is 0 Å². The maximum absolute atomic E-state index is 13.8. The first kappa shape index (κ1) is 27.1. The summed E-state index contributed by atoms with van der Waals surface area (Å²) >= 11 is 0. The van der Waals surface area contributed by atoms with E-state index < -0.39 is 11.9 Å². The van der Waals surface area contributed by atoms with Crippen LogP contribution in [0.4, 0.5) is 11.6 Å². The van der Waals surface area contributed by atoms with Gasteiger partial charge in [-0.2, -0.15) is 0 Å². The molecule has 0 spiro atoms. The number of benzene rings is 1. The van der Waals surface area contributed by atoms with Crippen LogP contribution in [0.3, 0.4) is 0 Å². The van der Waals surface area contributed by atoms with Crippen LogP contribution in [0.1, 0.15) is 29.9 Å². The van der Waals surface area contributed by atoms with Crippen LogP contribution in [0.2, 0.25) is 0 Å². The lowest BCUT2D eigenvalue weighted by Crippen LogP contribution is -2.41. The number of carbonyl (C=O) groups excluding carboxylic acids is 2. The van der Waals surface area contributed by atoms with Crippen molar-refractivity contribution in [2.45, 2.75) is 18.8 Å². The normalized spacial score (nSPS) is 14.7. The Hall–Kier alpha value is -3.98. The maximum atomic E-state index is 13.8. The molecular formula is C29H31BN4O4. The number of esters is 1. The van der Waals surface area contributed by atoms with E-state index in [9.17, 15) is 9.59 Å². The van der Waals surface area contributed by atoms with Crippen molar-refractivity contribution in [3.8, 4) is 11.1 Å². The SMILES string of the molecule is [B]C(c1ccc(-c2ccc(N(C)C)nc2)cc1)N(C(=O)C1CCOCC1)c1cc(/C=C/C(=O)OC)ccn1. The third-order valence-electron chi connectivity index (χ3n) is 6.51. The fourth-order valence-electron chi connectivity index (χ4n) is 4.28. The first-order valence-corrected chi connectivity index (χ1v) is 12.5. The number of amides is 1. The summed E-state index contributed by atoms with van der Waals surface area (Å²) in [6.07, 6.45) is 7.61. The summed E-state index contributed by atoms with van der Waals surface area (Å²) in [5.74, 6) is -0.261. The highest BCUT2D eigenvalue weighted by molar-refractivity contribution is 6.17. The van der Waals surface area contributed by atoms with Gasteiger partial charge in [0, 0.05) is 63.2 Å². The Morgan fingerprint density at radius 1 is 1.03 bits per heavy atom. The molecule has 4 rings (SSSR count). The molecule has 194 valence electrons. The van der Waals surface area contributed by atoms with E-state index in [1.165, 1.54) is 13.2 Å². The second kappa shape index (κ2) is 12.5. The van der Waals surface area contributed by atoms with E-state index in [0.717, 1.165) is 22.5 Å². The molecule has 1 aromatic carbocycles. The number of carbonyl (C=O) groups is 2. The Balaban J connectivity index is 1.63. The van der Waals surface area contributed by atoms with Crippen LogP contribution in [0.15, 0.2) is 67.0 Å². The van der Waals surface area contributed by atoms with Crippen LogP contribution in [0.25, 0.3) is 17.2 Å². The van der Waals surface area contributed by atoms with Gasteiger partial charge in [-0.3, -0.25) is 9.69 Å². The Morgan fingerprint density at radius 2 is 1.74 bits per heavy atom. The predicted octanol–water partition coefficient (Wildman–Crippen LogP) is 4.02. The van der Waals surface area contributed by atoms with Crippen molar-refractivity contribution < 1.29 is 19.1 Å². The zero-order valence-corrected chi connectivity index (χ0v) is 21.9. The minimum atomic E-state index is -0.763. The average molecular weight is 510 g/mol. The largest absolute Gasteiger partial charge is 0.466 e. The molecular weight excluding hydrogens is 479 g/mol. The third-order valence-corrected chi connectivity index (χ3v) is 6.51. The van der Waals surface area contributed by atoms with Gasteiger partial charge in [-0.15, -0.1) is 0 Å². The van der Waals surface area contributed by atoms with E-state index in [1.54, 1.807) is 29.3 Å². The topological polar surface area (TPSA) is 84.9 Å². The van der Waals surface area contributed by atoms with Crippen LogP contribution in [0.5, 0.6) is 0 Å². The molecule has 1 fully saturated rings. The molecule has 1 unspecified atom stereocenters. The van der Waals surface area contributed by atoms with Crippen LogP contribution in [-0.2, 0) is 19.1 Å². The van der Waals surface area contributed by atoms with Crippen molar-refractivity contribution in [1.29, 1.82) is 0 Å². The number of hydrogen-bond acceptors (Lipinski definition) is 7. The summed E-state index contributed by atoms with van der Waals surface area (Å²) in [6.45, 7) is 1.06. The average Bonchev–Trinajstić information content (AvgIpc) is 2.96. The van der Waals surface area contributed by atoms with E-state index in [2.05, 4.69) is 14.7 Å². The molecule has 0 bridgehead atoms. The van der Waals surface area contributed by atoms with E-state index >= 15 is 0 Å². The molecule has 1 atom stereocenters. The van der Waals surface area contributed by atoms with Gasteiger partial charge in [-0.25, -0.2) is 14.8 Å². The number of rotatable bonds is 8. The molecule has 0 saturated carbocycles. The maximum Gasteiger partial charge on any atom is 0.330 e. The minimum absolute atomic E-state index is 0.102. The lowest BCUT2D eigenvalue weighted by molar-refractivity contribution is -0.134. The Morgan fingerprint density at radius 3 is 2.37 bits per heavy atom. The summed E-state index contributed by atoms with van der Waals surface area (Å²) in [7, 11) is 12.0. The van der Waals surface area contributed by atoms with Gasteiger partial charge in [0.2, 0.25) is 5.91 Å². The van der Waals surface area contributed by atoms with E-state index in [-0.39, 0.29) is 11.8 Å². The highest BCUT2D eigenvalue weighted by Gasteiger charge is 2.31. The second-order valence-corrected chi connectivity index (χ2v) is 9.27. The number of aromatic nitrogens is 2. The summed E-state index contributed by atoms with van der Waals surface area (Å²) < 4.78 is 10.1. The number of nitrogens with zero attached hydrogens (tertiary/aromatic N) is 4. The van der Waals surface area contributed by atoms with Crippen molar-refractivity contribution in [2.24, 2.45) is 5.92 Å². The van der Waals surface area contributed by atoms with Crippen molar-refractivity contribution in [1.82, 2.24) is 9.97 Å². The van der Waals surface area contributed by atoms with E-state index in [4.69, 9.17) is 12.6 Å². The first-order valence-electron chi connectivity index (χ1n) is 12.5. The Kier molecular flexibility index (Phi) is 8.91. The van der Waals surface area contributed by atoms with Crippen molar-refractivity contribution >= 4 is 37.4 Å². The smallest absolute Gasteiger partial charge is 0.330 e. The number of methoxy groups -OCH3 is 1. The van der Waals surface area contributed by atoms with E-state index in [1.807, 2.05) is 61.6 Å². The van der Waals surface area contributed by atoms with E-state index in [0.29, 0.717) is 37.4 Å². The summed E-state index contributed by atoms with van der Waals surface area (Å²) in [6, 6.07) is 15.3. The van der Waals surface area contributed by atoms with Crippen LogP contribution < -0.4 is 9.80 Å². The molecule has 2 aromatic heterocycles. The summed E-state index contributed by atoms with van der Waals surface area (Å²) in [5.41, 5.74) is 3.44. The van der Waals surface area contributed by atoms with Gasteiger partial charge in [0.1, 0.15) is 19.5 Å². The third kappa shape index (κ3) is 6.47. The van der Waals surface area contributed by atoms with Crippen molar-refractivity contribution in [3.05, 3.63) is 78.1 Å². The standard InChI is InChI=1S/C29H31BN4O4/c1-33(2)25-10-9-24(19-32-25)21-5-7-22(8-6-21)28(30)34(29(36)23-13-16-38-17-14-23)26-18-20(12-15-31-26)4-11-27(35)37-3/h4-12,15,18-19,23,28H,13-14,16-17H2,1-3H3/b11-4+. The molecule has 1 amide bonds. The van der Waals surface area contributed by atoms with Gasteiger partial charge < -0.3 is 14.4 Å². The first-order chi connectivity index (χ1) is 18.4. The molecule has 1 saturated heterocycles. The molecule has 2 radical (unpaired) electrons. The van der Waals surface area contributed by atoms with Gasteiger partial charge in [0.05, 0.1) is 7.11 Å². The number of hydrogen-bond donors (Lipinski definition) is 0. The van der Waals surface area contributed by atoms with Crippen molar-refractivity contribution in [2.75, 3.05) is 44.2 Å². The van der Waals surface area contributed by atoms with Crippen LogP contribution in [0, 0.1) is 5.92 Å². The lowest BCUT2D eigenvalue weighted by atomic mass is 9.85. The van der Waals surface area contributed by atoms with Crippen LogP contribution >= 0.6 is 0 Å². The van der Waals surface area contributed by atoms with Gasteiger partial charge >= 0.3 is 5.97 Å².